The molecule has 0 aliphatic carbocycles. The van der Waals surface area contributed by atoms with Gasteiger partial charge in [-0.25, -0.2) is 9.18 Å². The number of nitro groups is 1. The van der Waals surface area contributed by atoms with Gasteiger partial charge in [-0.1, -0.05) is 0 Å². The molecule has 2 aliphatic heterocycles. The number of halogens is 1. The van der Waals surface area contributed by atoms with Crippen molar-refractivity contribution in [2.24, 2.45) is 0 Å². The summed E-state index contributed by atoms with van der Waals surface area (Å²) in [5.74, 6) is -0.780. The van der Waals surface area contributed by atoms with Crippen molar-refractivity contribution >= 4 is 17.3 Å². The molecule has 0 amide bonds. The summed E-state index contributed by atoms with van der Waals surface area (Å²) in [6, 6.07) is 6.21. The van der Waals surface area contributed by atoms with Crippen molar-refractivity contribution < 1.29 is 38.2 Å². The smallest absolute Gasteiger partial charge is 0.329 e. The quantitative estimate of drug-likeness (QED) is 0.270. The van der Waals surface area contributed by atoms with Crippen LogP contribution in [0, 0.1) is 15.9 Å². The number of carbonyl (C=O) groups excluding carboxylic acids is 1. The molecule has 2 aromatic rings. The summed E-state index contributed by atoms with van der Waals surface area (Å²) < 4.78 is 36.3. The SMILES string of the molecule is CCOC(=O)[C@@H]1Cc2cc(F)ccc2N1[C@H]1c2cc([N+](=O)[O-])ccc2O[C@](C)(C(OC)OC)[C@@H]1O. The summed E-state index contributed by atoms with van der Waals surface area (Å²) in [5.41, 5.74) is -0.345. The van der Waals surface area contributed by atoms with Crippen molar-refractivity contribution in [3.05, 3.63) is 63.5 Å². The maximum absolute atomic E-state index is 14.1. The molecule has 1 N–H and O–H groups in total. The Balaban J connectivity index is 1.95. The Morgan fingerprint density at radius 1 is 1.31 bits per heavy atom. The molecule has 2 aromatic carbocycles. The highest BCUT2D eigenvalue weighted by molar-refractivity contribution is 5.84. The number of hydrogen-bond acceptors (Lipinski definition) is 9. The van der Waals surface area contributed by atoms with E-state index in [1.54, 1.807) is 18.7 Å². The number of aliphatic hydroxyl groups excluding tert-OH is 1. The summed E-state index contributed by atoms with van der Waals surface area (Å²) in [6.07, 6.45) is -2.29. The fraction of sp³-hybridized carbons (Fsp3) is 0.458. The third-order valence-corrected chi connectivity index (χ3v) is 6.56. The van der Waals surface area contributed by atoms with E-state index in [9.17, 15) is 24.4 Å². The molecule has 2 heterocycles. The van der Waals surface area contributed by atoms with Crippen LogP contribution in [-0.2, 0) is 25.4 Å². The predicted molar refractivity (Wildman–Crippen MR) is 122 cm³/mol. The number of carbonyl (C=O) groups is 1. The van der Waals surface area contributed by atoms with Gasteiger partial charge in [0.05, 0.1) is 17.6 Å². The number of nitrogens with zero attached hydrogens (tertiary/aromatic N) is 2. The van der Waals surface area contributed by atoms with Gasteiger partial charge in [0, 0.05) is 44.0 Å². The zero-order valence-corrected chi connectivity index (χ0v) is 19.8. The summed E-state index contributed by atoms with van der Waals surface area (Å²) in [6.45, 7) is 3.39. The third kappa shape index (κ3) is 4.09. The molecule has 0 saturated carbocycles. The first-order valence-electron chi connectivity index (χ1n) is 11.1. The van der Waals surface area contributed by atoms with E-state index in [0.717, 1.165) is 0 Å². The van der Waals surface area contributed by atoms with Gasteiger partial charge >= 0.3 is 5.97 Å². The minimum Gasteiger partial charge on any atom is -0.479 e. The maximum atomic E-state index is 14.1. The number of aliphatic hydroxyl groups is 1. The Hall–Kier alpha value is -3.28. The van der Waals surface area contributed by atoms with Crippen molar-refractivity contribution in [1.82, 2.24) is 0 Å². The van der Waals surface area contributed by atoms with Gasteiger partial charge < -0.3 is 29.0 Å². The zero-order valence-electron chi connectivity index (χ0n) is 19.8. The molecule has 4 rings (SSSR count). The molecule has 0 spiro atoms. The fourth-order valence-electron chi connectivity index (χ4n) is 5.03. The van der Waals surface area contributed by atoms with E-state index in [2.05, 4.69) is 0 Å². The molecule has 10 nitrogen and oxygen atoms in total. The highest BCUT2D eigenvalue weighted by Crippen LogP contribution is 2.50. The number of hydrogen-bond donors (Lipinski definition) is 1. The summed E-state index contributed by atoms with van der Waals surface area (Å²) in [4.78, 5) is 25.6. The number of methoxy groups -OCH3 is 2. The summed E-state index contributed by atoms with van der Waals surface area (Å²) >= 11 is 0. The number of non-ortho nitro benzene ring substituents is 1. The molecule has 35 heavy (non-hydrogen) atoms. The van der Waals surface area contributed by atoms with Crippen molar-refractivity contribution in [3.63, 3.8) is 0 Å². The first-order chi connectivity index (χ1) is 16.7. The molecular formula is C24H27FN2O8. The van der Waals surface area contributed by atoms with E-state index in [1.807, 2.05) is 0 Å². The molecule has 0 aromatic heterocycles. The number of benzene rings is 2. The number of rotatable bonds is 7. The topological polar surface area (TPSA) is 121 Å². The monoisotopic (exact) mass is 490 g/mol. The van der Waals surface area contributed by atoms with Gasteiger partial charge in [-0.15, -0.1) is 0 Å². The summed E-state index contributed by atoms with van der Waals surface area (Å²) in [7, 11) is 2.79. The number of ether oxygens (including phenoxy) is 4. The van der Waals surface area contributed by atoms with Crippen molar-refractivity contribution in [2.45, 2.75) is 50.3 Å². The van der Waals surface area contributed by atoms with E-state index >= 15 is 0 Å². The van der Waals surface area contributed by atoms with E-state index < -0.39 is 46.8 Å². The normalized spacial score (nSPS) is 25.1. The van der Waals surface area contributed by atoms with E-state index in [1.165, 1.54) is 50.6 Å². The van der Waals surface area contributed by atoms with Gasteiger partial charge in [-0.3, -0.25) is 10.1 Å². The van der Waals surface area contributed by atoms with Gasteiger partial charge in [-0.2, -0.15) is 0 Å². The molecule has 0 radical (unpaired) electrons. The van der Waals surface area contributed by atoms with Gasteiger partial charge in [-0.05, 0) is 43.7 Å². The fourth-order valence-corrected chi connectivity index (χ4v) is 5.03. The van der Waals surface area contributed by atoms with Crippen molar-refractivity contribution in [2.75, 3.05) is 25.7 Å². The largest absolute Gasteiger partial charge is 0.479 e. The Bertz CT molecular complexity index is 1140. The van der Waals surface area contributed by atoms with Gasteiger partial charge in [0.25, 0.3) is 5.69 Å². The molecule has 188 valence electrons. The van der Waals surface area contributed by atoms with E-state index in [0.29, 0.717) is 16.8 Å². The number of fused-ring (bicyclic) bond motifs is 2. The van der Waals surface area contributed by atoms with Crippen LogP contribution >= 0.6 is 0 Å². The number of anilines is 1. The highest BCUT2D eigenvalue weighted by Gasteiger charge is 2.56. The highest BCUT2D eigenvalue weighted by atomic mass is 19.1. The maximum Gasteiger partial charge on any atom is 0.329 e. The first-order valence-corrected chi connectivity index (χ1v) is 11.1. The lowest BCUT2D eigenvalue weighted by Gasteiger charge is -2.50. The van der Waals surface area contributed by atoms with Crippen LogP contribution in [0.15, 0.2) is 36.4 Å². The zero-order chi connectivity index (χ0) is 25.5. The van der Waals surface area contributed by atoms with Crippen LogP contribution in [-0.4, -0.2) is 60.9 Å². The Morgan fingerprint density at radius 2 is 2.03 bits per heavy atom. The minimum atomic E-state index is -1.47. The van der Waals surface area contributed by atoms with Crippen LogP contribution in [0.25, 0.3) is 0 Å². The second-order valence-corrected chi connectivity index (χ2v) is 8.61. The van der Waals surface area contributed by atoms with E-state index in [-0.39, 0.29) is 24.5 Å². The van der Waals surface area contributed by atoms with Crippen LogP contribution < -0.4 is 9.64 Å². The lowest BCUT2D eigenvalue weighted by molar-refractivity contribution is -0.385. The Labute approximate surface area is 201 Å². The number of esters is 1. The molecule has 11 heteroatoms. The van der Waals surface area contributed by atoms with Crippen LogP contribution in [0.5, 0.6) is 5.75 Å². The Morgan fingerprint density at radius 3 is 2.66 bits per heavy atom. The summed E-state index contributed by atoms with van der Waals surface area (Å²) in [5, 5.41) is 23.3. The number of nitro benzene ring substituents is 1. The van der Waals surface area contributed by atoms with Gasteiger partial charge in [0.1, 0.15) is 23.7 Å². The van der Waals surface area contributed by atoms with Crippen molar-refractivity contribution in [3.8, 4) is 5.75 Å². The standard InChI is InChI=1S/C24H27FN2O8/c1-5-34-22(29)18-11-13-10-14(25)6-8-17(13)26(18)20-16-12-15(27(30)31)7-9-19(16)35-24(2,21(20)28)23(32-3)33-4/h6-10,12,18,20-21,23,28H,5,11H2,1-4H3/t18-,20-,21+,24-/m0/s1. The molecule has 0 fully saturated rings. The first kappa shape index (κ1) is 24.8. The average Bonchev–Trinajstić information content (AvgIpc) is 3.18. The minimum absolute atomic E-state index is 0.124. The van der Waals surface area contributed by atoms with Crippen LogP contribution in [0.4, 0.5) is 15.8 Å². The molecular weight excluding hydrogens is 463 g/mol. The van der Waals surface area contributed by atoms with Gasteiger partial charge in [0.15, 0.2) is 11.9 Å². The molecule has 4 atom stereocenters. The third-order valence-electron chi connectivity index (χ3n) is 6.56. The van der Waals surface area contributed by atoms with Gasteiger partial charge in [0.2, 0.25) is 0 Å². The van der Waals surface area contributed by atoms with Crippen LogP contribution in [0.3, 0.4) is 0 Å². The molecule has 2 aliphatic rings. The molecule has 0 saturated heterocycles. The van der Waals surface area contributed by atoms with Crippen molar-refractivity contribution in [1.29, 1.82) is 0 Å². The molecule has 0 bridgehead atoms. The van der Waals surface area contributed by atoms with Crippen LogP contribution in [0.1, 0.15) is 31.0 Å². The van der Waals surface area contributed by atoms with E-state index in [4.69, 9.17) is 18.9 Å². The Kier molecular flexibility index (Phi) is 6.67. The second kappa shape index (κ2) is 9.40. The lowest BCUT2D eigenvalue weighted by atomic mass is 9.83. The predicted octanol–water partition coefficient (Wildman–Crippen LogP) is 2.90. The molecule has 0 unspecified atom stereocenters. The lowest BCUT2D eigenvalue weighted by Crippen LogP contribution is -2.63. The van der Waals surface area contributed by atoms with Crippen LogP contribution in [0.2, 0.25) is 0 Å². The second-order valence-electron chi connectivity index (χ2n) is 8.61. The average molecular weight is 490 g/mol.